The average molecular weight is 370 g/mol. The normalized spacial score (nSPS) is 19.9. The minimum Gasteiger partial charge on any atom is -0.327 e. The van der Waals surface area contributed by atoms with Crippen molar-refractivity contribution in [2.75, 3.05) is 25.0 Å². The Labute approximate surface area is 161 Å². The first-order chi connectivity index (χ1) is 12.7. The molecule has 2 aromatic rings. The fourth-order valence-corrected chi connectivity index (χ4v) is 3.76. The molecule has 1 unspecified atom stereocenters. The lowest BCUT2D eigenvalue weighted by Crippen LogP contribution is -2.53. The molecule has 2 heterocycles. The van der Waals surface area contributed by atoms with Gasteiger partial charge >= 0.3 is 0 Å². The molecule has 0 aliphatic carbocycles. The van der Waals surface area contributed by atoms with Gasteiger partial charge in [-0.3, -0.25) is 9.69 Å². The number of piperidine rings is 1. The van der Waals surface area contributed by atoms with E-state index in [2.05, 4.69) is 48.2 Å². The van der Waals surface area contributed by atoms with Gasteiger partial charge < -0.3 is 11.1 Å². The summed E-state index contributed by atoms with van der Waals surface area (Å²) in [7, 11) is 0. The quantitative estimate of drug-likeness (QED) is 0.869. The van der Waals surface area contributed by atoms with E-state index in [4.69, 9.17) is 5.73 Å². The molecule has 6 nitrogen and oxygen atoms in total. The second-order valence-corrected chi connectivity index (χ2v) is 8.44. The van der Waals surface area contributed by atoms with Gasteiger partial charge in [-0.25, -0.2) is 4.68 Å². The van der Waals surface area contributed by atoms with Crippen LogP contribution in [0, 0.1) is 26.2 Å². The maximum absolute atomic E-state index is 12.6. The summed E-state index contributed by atoms with van der Waals surface area (Å²) in [5, 5.41) is 7.69. The van der Waals surface area contributed by atoms with E-state index in [1.807, 2.05) is 30.7 Å². The van der Waals surface area contributed by atoms with Gasteiger partial charge in [-0.15, -0.1) is 0 Å². The molecule has 1 fully saturated rings. The van der Waals surface area contributed by atoms with Crippen molar-refractivity contribution in [2.24, 2.45) is 11.1 Å². The minimum absolute atomic E-state index is 0.00377. The molecule has 3 N–H and O–H groups in total. The molecule has 1 aliphatic rings. The SMILES string of the molecule is Cc1ccc(-n2nc(C)c(NC(=O)CN3CCC(N)C(C)(C)C3)c2C)cc1. The first-order valence-electron chi connectivity index (χ1n) is 9.58. The summed E-state index contributed by atoms with van der Waals surface area (Å²) < 4.78 is 1.88. The van der Waals surface area contributed by atoms with Crippen LogP contribution in [-0.4, -0.2) is 46.3 Å². The number of nitrogens with zero attached hydrogens (tertiary/aromatic N) is 3. The molecule has 1 aliphatic heterocycles. The maximum Gasteiger partial charge on any atom is 0.238 e. The van der Waals surface area contributed by atoms with Crippen LogP contribution in [-0.2, 0) is 4.79 Å². The molecular weight excluding hydrogens is 338 g/mol. The number of carbonyl (C=O) groups excluding carboxylic acids is 1. The van der Waals surface area contributed by atoms with Crippen molar-refractivity contribution in [1.82, 2.24) is 14.7 Å². The van der Waals surface area contributed by atoms with Crippen LogP contribution < -0.4 is 11.1 Å². The first kappa shape index (κ1) is 19.6. The molecule has 0 bridgehead atoms. The average Bonchev–Trinajstić information content (AvgIpc) is 2.87. The molecule has 3 rings (SSSR count). The highest BCUT2D eigenvalue weighted by Crippen LogP contribution is 2.28. The third kappa shape index (κ3) is 4.22. The lowest BCUT2D eigenvalue weighted by Gasteiger charge is -2.42. The third-order valence-corrected chi connectivity index (χ3v) is 5.59. The molecule has 0 spiro atoms. The van der Waals surface area contributed by atoms with Crippen LogP contribution in [0.5, 0.6) is 0 Å². The predicted octanol–water partition coefficient (Wildman–Crippen LogP) is 2.80. The van der Waals surface area contributed by atoms with Gasteiger partial charge in [-0.2, -0.15) is 5.10 Å². The Morgan fingerprint density at radius 1 is 1.26 bits per heavy atom. The van der Waals surface area contributed by atoms with E-state index in [1.54, 1.807) is 0 Å². The standard InChI is InChI=1S/C21H31N5O/c1-14-6-8-17(9-7-14)26-16(3)20(15(2)24-26)23-19(27)12-25-11-10-18(22)21(4,5)13-25/h6-9,18H,10-13,22H2,1-5H3,(H,23,27). The predicted molar refractivity (Wildman–Crippen MR) is 109 cm³/mol. The van der Waals surface area contributed by atoms with Crippen LogP contribution in [0.1, 0.15) is 37.2 Å². The third-order valence-electron chi connectivity index (χ3n) is 5.59. The van der Waals surface area contributed by atoms with Crippen LogP contribution in [0.3, 0.4) is 0 Å². The summed E-state index contributed by atoms with van der Waals surface area (Å²) in [5.74, 6) is -0.00377. The number of nitrogens with two attached hydrogens (primary N) is 1. The van der Waals surface area contributed by atoms with Gasteiger partial charge in [-0.1, -0.05) is 31.5 Å². The Kier molecular flexibility index (Phi) is 5.40. The smallest absolute Gasteiger partial charge is 0.238 e. The van der Waals surface area contributed by atoms with Gasteiger partial charge in [0, 0.05) is 19.1 Å². The van der Waals surface area contributed by atoms with E-state index in [0.29, 0.717) is 6.54 Å². The van der Waals surface area contributed by atoms with Crippen molar-refractivity contribution in [2.45, 2.75) is 47.1 Å². The number of rotatable bonds is 4. The van der Waals surface area contributed by atoms with Crippen LogP contribution in [0.4, 0.5) is 5.69 Å². The fourth-order valence-electron chi connectivity index (χ4n) is 3.76. The Balaban J connectivity index is 1.70. The molecule has 6 heteroatoms. The van der Waals surface area contributed by atoms with Crippen LogP contribution in [0.25, 0.3) is 5.69 Å². The zero-order chi connectivity index (χ0) is 19.8. The molecule has 27 heavy (non-hydrogen) atoms. The number of anilines is 1. The van der Waals surface area contributed by atoms with E-state index in [9.17, 15) is 4.79 Å². The number of aromatic nitrogens is 2. The number of carbonyl (C=O) groups is 1. The zero-order valence-corrected chi connectivity index (χ0v) is 17.0. The van der Waals surface area contributed by atoms with Crippen LogP contribution in [0.2, 0.25) is 0 Å². The summed E-state index contributed by atoms with van der Waals surface area (Å²) in [6, 6.07) is 8.40. The molecule has 0 radical (unpaired) electrons. The van der Waals surface area contributed by atoms with E-state index in [0.717, 1.165) is 42.3 Å². The van der Waals surface area contributed by atoms with Gasteiger partial charge in [0.2, 0.25) is 5.91 Å². The second-order valence-electron chi connectivity index (χ2n) is 8.44. The number of nitrogens with one attached hydrogen (secondary N) is 1. The van der Waals surface area contributed by atoms with Crippen molar-refractivity contribution in [1.29, 1.82) is 0 Å². The number of benzene rings is 1. The molecular formula is C21H31N5O. The van der Waals surface area contributed by atoms with Crippen LogP contribution >= 0.6 is 0 Å². The van der Waals surface area contributed by atoms with Gasteiger partial charge in [0.1, 0.15) is 0 Å². The van der Waals surface area contributed by atoms with Gasteiger partial charge in [0.15, 0.2) is 0 Å². The largest absolute Gasteiger partial charge is 0.327 e. The Bertz CT molecular complexity index is 822. The van der Waals surface area contributed by atoms with Crippen molar-refractivity contribution in [3.05, 3.63) is 41.2 Å². The summed E-state index contributed by atoms with van der Waals surface area (Å²) in [5.41, 5.74) is 11.0. The van der Waals surface area contributed by atoms with Crippen molar-refractivity contribution >= 4 is 11.6 Å². The monoisotopic (exact) mass is 369 g/mol. The number of hydrogen-bond acceptors (Lipinski definition) is 4. The van der Waals surface area contributed by atoms with Crippen LogP contribution in [0.15, 0.2) is 24.3 Å². The van der Waals surface area contributed by atoms with E-state index < -0.39 is 0 Å². The topological polar surface area (TPSA) is 76.2 Å². The molecule has 1 aromatic carbocycles. The van der Waals surface area contributed by atoms with E-state index in [-0.39, 0.29) is 17.4 Å². The number of hydrogen-bond donors (Lipinski definition) is 2. The summed E-state index contributed by atoms with van der Waals surface area (Å²) in [6.45, 7) is 12.4. The Morgan fingerprint density at radius 3 is 2.56 bits per heavy atom. The molecule has 0 saturated carbocycles. The highest BCUT2D eigenvalue weighted by atomic mass is 16.2. The lowest BCUT2D eigenvalue weighted by atomic mass is 9.80. The number of amides is 1. The summed E-state index contributed by atoms with van der Waals surface area (Å²) in [4.78, 5) is 14.8. The van der Waals surface area contributed by atoms with Gasteiger partial charge in [0.25, 0.3) is 0 Å². The van der Waals surface area contributed by atoms with Gasteiger partial charge in [0.05, 0.1) is 29.3 Å². The minimum atomic E-state index is -0.00377. The molecule has 1 amide bonds. The van der Waals surface area contributed by atoms with Gasteiger partial charge in [-0.05, 0) is 44.7 Å². The molecule has 1 atom stereocenters. The summed E-state index contributed by atoms with van der Waals surface area (Å²) >= 11 is 0. The molecule has 1 aromatic heterocycles. The highest BCUT2D eigenvalue weighted by Gasteiger charge is 2.34. The number of aryl methyl sites for hydroxylation is 2. The van der Waals surface area contributed by atoms with Crippen molar-refractivity contribution < 1.29 is 4.79 Å². The fraction of sp³-hybridized carbons (Fsp3) is 0.524. The van der Waals surface area contributed by atoms with Crippen molar-refractivity contribution in [3.63, 3.8) is 0 Å². The maximum atomic E-state index is 12.6. The highest BCUT2D eigenvalue weighted by molar-refractivity contribution is 5.93. The number of likely N-dealkylation sites (tertiary alicyclic amines) is 1. The lowest BCUT2D eigenvalue weighted by molar-refractivity contribution is -0.118. The van der Waals surface area contributed by atoms with E-state index in [1.165, 1.54) is 5.56 Å². The van der Waals surface area contributed by atoms with E-state index >= 15 is 0 Å². The first-order valence-corrected chi connectivity index (χ1v) is 9.58. The molecule has 146 valence electrons. The zero-order valence-electron chi connectivity index (χ0n) is 17.0. The van der Waals surface area contributed by atoms with Crippen molar-refractivity contribution in [3.8, 4) is 5.69 Å². The summed E-state index contributed by atoms with van der Waals surface area (Å²) in [6.07, 6.45) is 0.920. The second kappa shape index (κ2) is 7.44. The Hall–Kier alpha value is -2.18. The Morgan fingerprint density at radius 2 is 1.93 bits per heavy atom. The molecule has 1 saturated heterocycles.